The Hall–Kier alpha value is -4.15. The maximum Gasteiger partial charge on any atom is 0.323 e. The van der Waals surface area contributed by atoms with Crippen molar-refractivity contribution in [3.63, 3.8) is 0 Å². The Kier molecular flexibility index (Phi) is 7.40. The van der Waals surface area contributed by atoms with Crippen molar-refractivity contribution >= 4 is 28.7 Å². The molecule has 1 fully saturated rings. The Morgan fingerprint density at radius 2 is 1.82 bits per heavy atom. The second-order valence-electron chi connectivity index (χ2n) is 10.7. The van der Waals surface area contributed by atoms with Crippen LogP contribution in [0.3, 0.4) is 0 Å². The summed E-state index contributed by atoms with van der Waals surface area (Å²) in [6, 6.07) is 15.2. The molecule has 2 aromatic heterocycles. The van der Waals surface area contributed by atoms with Crippen molar-refractivity contribution in [1.82, 2.24) is 19.5 Å². The number of methoxy groups -OCH3 is 1. The highest BCUT2D eigenvalue weighted by Gasteiger charge is 2.20. The normalized spacial score (nSPS) is 14.4. The average Bonchev–Trinajstić information content (AvgIpc) is 3.28. The molecule has 10 heteroatoms. The molecule has 3 heterocycles. The molecule has 5 rings (SSSR count). The lowest BCUT2D eigenvalue weighted by molar-refractivity contribution is 0.0334. The van der Waals surface area contributed by atoms with E-state index >= 15 is 0 Å². The van der Waals surface area contributed by atoms with Crippen LogP contribution in [0.5, 0.6) is 5.75 Å². The fraction of sp³-hybridized carbons (Fsp3) is 0.345. The Bertz CT molecular complexity index is 1470. The van der Waals surface area contributed by atoms with Crippen LogP contribution in [0.15, 0.2) is 54.9 Å². The van der Waals surface area contributed by atoms with Crippen LogP contribution >= 0.6 is 0 Å². The maximum atomic E-state index is 12.9. The molecule has 2 aromatic carbocycles. The number of urea groups is 1. The summed E-state index contributed by atoms with van der Waals surface area (Å²) in [5, 5.41) is 10.3. The Balaban J connectivity index is 1.35. The van der Waals surface area contributed by atoms with Crippen molar-refractivity contribution in [3.05, 3.63) is 66.1 Å². The van der Waals surface area contributed by atoms with Gasteiger partial charge in [0.15, 0.2) is 5.82 Å². The van der Waals surface area contributed by atoms with Gasteiger partial charge in [-0.25, -0.2) is 14.3 Å². The molecule has 39 heavy (non-hydrogen) atoms. The summed E-state index contributed by atoms with van der Waals surface area (Å²) in [6.07, 6.45) is 1.48. The first-order valence-electron chi connectivity index (χ1n) is 13.0. The molecule has 0 radical (unpaired) electrons. The van der Waals surface area contributed by atoms with Crippen LogP contribution in [0.4, 0.5) is 22.0 Å². The van der Waals surface area contributed by atoms with Crippen LogP contribution in [0.1, 0.15) is 32.0 Å². The highest BCUT2D eigenvalue weighted by atomic mass is 16.5. The van der Waals surface area contributed by atoms with Crippen molar-refractivity contribution in [3.8, 4) is 16.9 Å². The van der Waals surface area contributed by atoms with E-state index < -0.39 is 0 Å². The highest BCUT2D eigenvalue weighted by molar-refractivity contribution is 6.01. The summed E-state index contributed by atoms with van der Waals surface area (Å²) in [5.41, 5.74) is 12.3. The monoisotopic (exact) mass is 529 g/mol. The van der Waals surface area contributed by atoms with Crippen LogP contribution in [0.25, 0.3) is 16.6 Å². The SMILES string of the molecule is COc1ccc(C(C)(C)C)cc1NC(=O)Nc1ccc(-c2cc(CN3CCOCC3)n3ncnc(N)c23)cc1. The van der Waals surface area contributed by atoms with Crippen molar-refractivity contribution in [1.29, 1.82) is 0 Å². The summed E-state index contributed by atoms with van der Waals surface area (Å²) in [5.74, 6) is 1.02. The van der Waals surface area contributed by atoms with E-state index in [1.165, 1.54) is 6.33 Å². The average molecular weight is 530 g/mol. The summed E-state index contributed by atoms with van der Waals surface area (Å²) in [4.78, 5) is 19.4. The second kappa shape index (κ2) is 10.9. The van der Waals surface area contributed by atoms with Crippen LogP contribution in [0, 0.1) is 0 Å². The van der Waals surface area contributed by atoms with Crippen LogP contribution < -0.4 is 21.1 Å². The van der Waals surface area contributed by atoms with Gasteiger partial charge in [0.2, 0.25) is 0 Å². The molecule has 0 unspecified atom stereocenters. The van der Waals surface area contributed by atoms with E-state index in [1.54, 1.807) is 7.11 Å². The topological polar surface area (TPSA) is 119 Å². The lowest BCUT2D eigenvalue weighted by atomic mass is 9.87. The second-order valence-corrected chi connectivity index (χ2v) is 10.7. The molecule has 4 aromatic rings. The summed E-state index contributed by atoms with van der Waals surface area (Å²) < 4.78 is 12.8. The number of nitrogen functional groups attached to an aromatic ring is 1. The molecule has 204 valence electrons. The molecule has 0 saturated carbocycles. The van der Waals surface area contributed by atoms with Gasteiger partial charge in [0.25, 0.3) is 0 Å². The third-order valence-corrected chi connectivity index (χ3v) is 6.91. The van der Waals surface area contributed by atoms with Crippen molar-refractivity contribution in [2.75, 3.05) is 49.8 Å². The Morgan fingerprint density at radius 3 is 2.51 bits per heavy atom. The number of morpholine rings is 1. The fourth-order valence-electron chi connectivity index (χ4n) is 4.74. The van der Waals surface area contributed by atoms with E-state index in [-0.39, 0.29) is 11.4 Å². The zero-order valence-electron chi connectivity index (χ0n) is 22.8. The number of aromatic nitrogens is 3. The molecule has 1 aliphatic heterocycles. The first kappa shape index (κ1) is 26.5. The molecule has 0 aliphatic carbocycles. The number of carbonyl (C=O) groups is 1. The molecule has 4 N–H and O–H groups in total. The van der Waals surface area contributed by atoms with Crippen molar-refractivity contribution < 1.29 is 14.3 Å². The number of anilines is 3. The predicted octanol–water partition coefficient (Wildman–Crippen LogP) is 4.76. The molecule has 2 amide bonds. The quantitative estimate of drug-likeness (QED) is 0.329. The third kappa shape index (κ3) is 5.81. The lowest BCUT2D eigenvalue weighted by Gasteiger charge is -2.26. The van der Waals surface area contributed by atoms with Gasteiger partial charge in [-0.15, -0.1) is 0 Å². The Labute approximate surface area is 228 Å². The van der Waals surface area contributed by atoms with Gasteiger partial charge >= 0.3 is 6.03 Å². The minimum absolute atomic E-state index is 0.0608. The minimum Gasteiger partial charge on any atom is -0.495 e. The number of amides is 2. The molecule has 10 nitrogen and oxygen atoms in total. The predicted molar refractivity (Wildman–Crippen MR) is 153 cm³/mol. The van der Waals surface area contributed by atoms with Crippen LogP contribution in [-0.2, 0) is 16.7 Å². The standard InChI is InChI=1S/C29H35N7O3/c1-29(2,3)20-7-10-25(38-4)24(15-20)34-28(37)33-21-8-5-19(6-9-21)23-16-22(17-35-11-13-39-14-12-35)36-26(23)27(30)31-18-32-36/h5-10,15-16,18H,11-14,17H2,1-4H3,(H2,30,31,32)(H2,33,34,37). The number of rotatable bonds is 6. The number of nitrogens with zero attached hydrogens (tertiary/aromatic N) is 4. The molecule has 1 aliphatic rings. The zero-order chi connectivity index (χ0) is 27.6. The molecule has 1 saturated heterocycles. The first-order chi connectivity index (χ1) is 18.7. The van der Waals surface area contributed by atoms with E-state index in [2.05, 4.69) is 52.5 Å². The van der Waals surface area contributed by atoms with Crippen LogP contribution in [0.2, 0.25) is 0 Å². The summed E-state index contributed by atoms with van der Waals surface area (Å²) >= 11 is 0. The van der Waals surface area contributed by atoms with Gasteiger partial charge in [-0.2, -0.15) is 5.10 Å². The third-order valence-electron chi connectivity index (χ3n) is 6.91. The number of fused-ring (bicyclic) bond motifs is 1. The molecular formula is C29H35N7O3. The maximum absolute atomic E-state index is 12.9. The Morgan fingerprint density at radius 1 is 1.08 bits per heavy atom. The van der Waals surface area contributed by atoms with Gasteiger partial charge in [0.1, 0.15) is 17.6 Å². The van der Waals surface area contributed by atoms with Crippen LogP contribution in [-0.4, -0.2) is 58.9 Å². The smallest absolute Gasteiger partial charge is 0.323 e. The number of nitrogens with one attached hydrogen (secondary N) is 2. The van der Waals surface area contributed by atoms with Gasteiger partial charge in [0, 0.05) is 30.9 Å². The van der Waals surface area contributed by atoms with Gasteiger partial charge in [-0.3, -0.25) is 4.90 Å². The molecule has 0 bridgehead atoms. The molecular weight excluding hydrogens is 494 g/mol. The minimum atomic E-state index is -0.355. The number of carbonyl (C=O) groups excluding carboxylic acids is 1. The van der Waals surface area contributed by atoms with Gasteiger partial charge < -0.3 is 25.8 Å². The molecule has 0 spiro atoms. The van der Waals surface area contributed by atoms with Crippen molar-refractivity contribution in [2.24, 2.45) is 0 Å². The zero-order valence-corrected chi connectivity index (χ0v) is 22.8. The number of benzene rings is 2. The number of hydrogen-bond donors (Lipinski definition) is 3. The van der Waals surface area contributed by atoms with E-state index in [0.717, 1.165) is 60.7 Å². The number of nitrogens with two attached hydrogens (primary N) is 1. The largest absolute Gasteiger partial charge is 0.495 e. The molecule has 0 atom stereocenters. The number of hydrogen-bond acceptors (Lipinski definition) is 7. The van der Waals surface area contributed by atoms with E-state index in [0.29, 0.717) is 22.9 Å². The lowest BCUT2D eigenvalue weighted by Crippen LogP contribution is -2.36. The van der Waals surface area contributed by atoms with E-state index in [9.17, 15) is 4.79 Å². The van der Waals surface area contributed by atoms with Gasteiger partial charge in [0.05, 0.1) is 31.7 Å². The number of ether oxygens (including phenoxy) is 2. The summed E-state index contributed by atoms with van der Waals surface area (Å²) in [6.45, 7) is 10.3. The fourth-order valence-corrected chi connectivity index (χ4v) is 4.74. The van der Waals surface area contributed by atoms with Gasteiger partial charge in [-0.05, 0) is 46.9 Å². The van der Waals surface area contributed by atoms with Gasteiger partial charge in [-0.1, -0.05) is 39.0 Å². The van der Waals surface area contributed by atoms with Crippen molar-refractivity contribution in [2.45, 2.75) is 32.7 Å². The summed E-state index contributed by atoms with van der Waals surface area (Å²) in [7, 11) is 1.59. The van der Waals surface area contributed by atoms with E-state index in [4.69, 9.17) is 15.2 Å². The highest BCUT2D eigenvalue weighted by Crippen LogP contribution is 2.33. The van der Waals surface area contributed by atoms with E-state index in [1.807, 2.05) is 47.0 Å². The first-order valence-corrected chi connectivity index (χ1v) is 13.0.